The summed E-state index contributed by atoms with van der Waals surface area (Å²) in [5.74, 6) is -1.95. The number of carbonyl (C=O) groups excluding carboxylic acids is 1. The smallest absolute Gasteiger partial charge is 0.340 e. The van der Waals surface area contributed by atoms with Crippen LogP contribution < -0.4 is 0 Å². The van der Waals surface area contributed by atoms with Gasteiger partial charge in [-0.25, -0.2) is 4.79 Å². The molecule has 4 aromatic rings. The highest BCUT2D eigenvalue weighted by Gasteiger charge is 2.48. The molecule has 0 bridgehead atoms. The highest BCUT2D eigenvalue weighted by atomic mass is 32.2. The largest absolute Gasteiger partial charge is 0.508 e. The predicted octanol–water partition coefficient (Wildman–Crippen LogP) is 3.30. The molecule has 0 aliphatic carbocycles. The molecule has 0 fully saturated rings. The Bertz CT molecular complexity index is 1540. The number of carbonyl (C=O) groups is 1. The van der Waals surface area contributed by atoms with Crippen molar-refractivity contribution in [2.45, 2.75) is 10.5 Å². The Balaban J connectivity index is 1.69. The van der Waals surface area contributed by atoms with Gasteiger partial charge in [0.2, 0.25) is 5.88 Å². The molecule has 1 aliphatic heterocycles. The Morgan fingerprint density at radius 1 is 0.824 bits per heavy atom. The lowest BCUT2D eigenvalue weighted by atomic mass is 9.80. The molecule has 2 heterocycles. The van der Waals surface area contributed by atoms with Crippen LogP contribution in [0.1, 0.15) is 27.0 Å². The number of benzene rings is 3. The summed E-state index contributed by atoms with van der Waals surface area (Å²) in [4.78, 5) is 11.9. The van der Waals surface area contributed by atoms with Crippen LogP contribution >= 0.6 is 0 Å². The van der Waals surface area contributed by atoms with Crippen LogP contribution in [0.2, 0.25) is 0 Å². The number of ether oxygens (including phenoxy) is 1. The summed E-state index contributed by atoms with van der Waals surface area (Å²) in [6, 6.07) is 20.1. The van der Waals surface area contributed by atoms with Crippen molar-refractivity contribution in [1.82, 2.24) is 4.57 Å². The van der Waals surface area contributed by atoms with Gasteiger partial charge in [0.15, 0.2) is 16.4 Å². The predicted molar refractivity (Wildman–Crippen MR) is 119 cm³/mol. The number of hydrogen-bond donors (Lipinski definition) is 4. The number of hydrogen-bond acceptors (Lipinski definition) is 7. The second kappa shape index (κ2) is 7.37. The first-order chi connectivity index (χ1) is 16.1. The number of cyclic esters (lactones) is 1. The van der Waals surface area contributed by atoms with E-state index in [-0.39, 0.29) is 11.4 Å². The monoisotopic (exact) mass is 479 g/mol. The second-order valence-corrected chi connectivity index (χ2v) is 9.10. The van der Waals surface area contributed by atoms with Gasteiger partial charge >= 0.3 is 5.97 Å². The summed E-state index contributed by atoms with van der Waals surface area (Å²) in [6.45, 7) is 0. The van der Waals surface area contributed by atoms with Gasteiger partial charge in [0.25, 0.3) is 10.1 Å². The summed E-state index contributed by atoms with van der Waals surface area (Å²) in [7, 11) is -4.76. The molecule has 1 unspecified atom stereocenters. The molecule has 34 heavy (non-hydrogen) atoms. The molecular weight excluding hydrogens is 462 g/mol. The van der Waals surface area contributed by atoms with Gasteiger partial charge in [0, 0.05) is 22.8 Å². The molecule has 0 radical (unpaired) electrons. The second-order valence-electron chi connectivity index (χ2n) is 7.71. The molecule has 1 aliphatic rings. The summed E-state index contributed by atoms with van der Waals surface area (Å²) in [5.41, 5.74) is 0.947. The average molecular weight is 479 g/mol. The minimum Gasteiger partial charge on any atom is -0.508 e. The third-order valence-electron chi connectivity index (χ3n) is 5.78. The van der Waals surface area contributed by atoms with Gasteiger partial charge in [0.05, 0.1) is 11.3 Å². The number of rotatable bonds is 4. The van der Waals surface area contributed by atoms with Crippen molar-refractivity contribution in [2.24, 2.45) is 0 Å². The first kappa shape index (κ1) is 21.6. The van der Waals surface area contributed by atoms with Crippen molar-refractivity contribution in [3.05, 3.63) is 101 Å². The molecule has 172 valence electrons. The molecule has 9 nitrogen and oxygen atoms in total. The third kappa shape index (κ3) is 3.11. The molecule has 1 atom stereocenters. The Hall–Kier alpha value is -4.28. The molecule has 4 N–H and O–H groups in total. The number of fused-ring (bicyclic) bond motifs is 1. The van der Waals surface area contributed by atoms with Crippen molar-refractivity contribution in [3.8, 4) is 23.2 Å². The van der Waals surface area contributed by atoms with E-state index in [4.69, 9.17) is 4.74 Å². The number of esters is 1. The molecule has 0 saturated heterocycles. The van der Waals surface area contributed by atoms with Crippen LogP contribution in [0, 0.1) is 0 Å². The lowest BCUT2D eigenvalue weighted by Gasteiger charge is -2.30. The topological polar surface area (TPSA) is 146 Å². The Kier molecular flexibility index (Phi) is 4.67. The van der Waals surface area contributed by atoms with Crippen molar-refractivity contribution < 1.29 is 37.8 Å². The van der Waals surface area contributed by atoms with Crippen LogP contribution in [0.5, 0.6) is 17.5 Å². The lowest BCUT2D eigenvalue weighted by Crippen LogP contribution is -2.29. The first-order valence-electron chi connectivity index (χ1n) is 9.97. The first-order valence-corrected chi connectivity index (χ1v) is 11.4. The molecule has 0 amide bonds. The van der Waals surface area contributed by atoms with Crippen LogP contribution in [0.3, 0.4) is 0 Å². The number of nitrogens with zero attached hydrogens (tertiary/aromatic N) is 1. The van der Waals surface area contributed by atoms with E-state index < -0.39 is 38.3 Å². The van der Waals surface area contributed by atoms with Gasteiger partial charge in [-0.15, -0.1) is 0 Å². The lowest BCUT2D eigenvalue weighted by molar-refractivity contribution is 0.0251. The van der Waals surface area contributed by atoms with E-state index in [1.807, 2.05) is 0 Å². The standard InChI is InChI=1S/C24H17NO8S/c26-17-11-7-15(8-12-17)24(19-4-2-1-3-18(19)23(29)33-24)14-5-9-16(10-6-14)25-21(27)13-20(22(25)28)34(30,31)32/h1-13,26-28H,(H,30,31,32). The van der Waals surface area contributed by atoms with E-state index >= 15 is 0 Å². The fourth-order valence-electron chi connectivity index (χ4n) is 4.26. The summed E-state index contributed by atoms with van der Waals surface area (Å²) in [6.07, 6.45) is 0. The summed E-state index contributed by atoms with van der Waals surface area (Å²) >= 11 is 0. The van der Waals surface area contributed by atoms with Crippen molar-refractivity contribution in [1.29, 1.82) is 0 Å². The normalized spacial score (nSPS) is 17.4. The zero-order valence-electron chi connectivity index (χ0n) is 17.3. The van der Waals surface area contributed by atoms with E-state index in [9.17, 15) is 33.1 Å². The molecule has 3 aromatic carbocycles. The van der Waals surface area contributed by atoms with Gasteiger partial charge in [-0.05, 0) is 30.3 Å². The molecule has 1 aromatic heterocycles. The van der Waals surface area contributed by atoms with Gasteiger partial charge in [-0.3, -0.25) is 9.12 Å². The highest BCUT2D eigenvalue weighted by molar-refractivity contribution is 7.86. The van der Waals surface area contributed by atoms with Crippen LogP contribution in [0.25, 0.3) is 5.69 Å². The van der Waals surface area contributed by atoms with Crippen molar-refractivity contribution in [2.75, 3.05) is 0 Å². The molecule has 0 spiro atoms. The maximum Gasteiger partial charge on any atom is 0.340 e. The van der Waals surface area contributed by atoms with E-state index in [0.717, 1.165) is 10.6 Å². The Labute approximate surface area is 193 Å². The SMILES string of the molecule is O=C1OC(c2ccc(O)cc2)(c2ccc(-n3c(O)cc(S(=O)(=O)O)c3O)cc2)c2ccccc21. The van der Waals surface area contributed by atoms with Gasteiger partial charge in [-0.1, -0.05) is 42.5 Å². The maximum atomic E-state index is 12.7. The molecule has 5 rings (SSSR count). The third-order valence-corrected chi connectivity index (χ3v) is 6.63. The average Bonchev–Trinajstić information content (AvgIpc) is 3.28. The molecular formula is C24H17NO8S. The van der Waals surface area contributed by atoms with Gasteiger partial charge in [0.1, 0.15) is 5.75 Å². The summed E-state index contributed by atoms with van der Waals surface area (Å²) in [5, 5.41) is 30.2. The van der Waals surface area contributed by atoms with Crippen LogP contribution in [0.4, 0.5) is 0 Å². The van der Waals surface area contributed by atoms with Crippen LogP contribution in [0.15, 0.2) is 83.8 Å². The van der Waals surface area contributed by atoms with Crippen molar-refractivity contribution >= 4 is 16.1 Å². The fourth-order valence-corrected chi connectivity index (χ4v) is 4.84. The summed E-state index contributed by atoms with van der Waals surface area (Å²) < 4.78 is 38.9. The minimum atomic E-state index is -4.76. The van der Waals surface area contributed by atoms with Crippen molar-refractivity contribution in [3.63, 3.8) is 0 Å². The Morgan fingerprint density at radius 2 is 1.41 bits per heavy atom. The zero-order chi connectivity index (χ0) is 24.3. The van der Waals surface area contributed by atoms with E-state index in [0.29, 0.717) is 22.3 Å². The quantitative estimate of drug-likeness (QED) is 0.258. The molecule has 0 saturated carbocycles. The maximum absolute atomic E-state index is 12.7. The fraction of sp³-hybridized carbons (Fsp3) is 0.0417. The Morgan fingerprint density at radius 3 is 2.00 bits per heavy atom. The number of aromatic nitrogens is 1. The van der Waals surface area contributed by atoms with E-state index in [2.05, 4.69) is 0 Å². The number of phenolic OH excluding ortho intramolecular Hbond substituents is 1. The zero-order valence-corrected chi connectivity index (χ0v) is 18.1. The minimum absolute atomic E-state index is 0.0417. The van der Waals surface area contributed by atoms with Gasteiger partial charge in [-0.2, -0.15) is 8.42 Å². The number of phenols is 1. The van der Waals surface area contributed by atoms with E-state index in [1.165, 1.54) is 24.3 Å². The van der Waals surface area contributed by atoms with Crippen LogP contribution in [-0.2, 0) is 20.5 Å². The molecule has 10 heteroatoms. The van der Waals surface area contributed by atoms with Crippen LogP contribution in [-0.4, -0.2) is 38.8 Å². The number of aromatic hydroxyl groups is 3. The van der Waals surface area contributed by atoms with E-state index in [1.54, 1.807) is 48.5 Å². The van der Waals surface area contributed by atoms with Gasteiger partial charge < -0.3 is 20.1 Å². The highest BCUT2D eigenvalue weighted by Crippen LogP contribution is 2.47.